The predicted octanol–water partition coefficient (Wildman–Crippen LogP) is 3.69. The molecule has 0 aliphatic carbocycles. The number of nitrogens with one attached hydrogen (secondary N) is 2. The van der Waals surface area contributed by atoms with Crippen LogP contribution >= 0.6 is 35.6 Å². The Kier molecular flexibility index (Phi) is 6.70. The number of aryl methyl sites for hydroxylation is 1. The van der Waals surface area contributed by atoms with E-state index >= 15 is 0 Å². The summed E-state index contributed by atoms with van der Waals surface area (Å²) in [5.74, 6) is 1.14. The minimum atomic E-state index is 0.622. The molecule has 5 heteroatoms. The van der Waals surface area contributed by atoms with E-state index in [4.69, 9.17) is 23.8 Å². The van der Waals surface area contributed by atoms with Gasteiger partial charge in [0.2, 0.25) is 0 Å². The van der Waals surface area contributed by atoms with E-state index in [1.807, 2.05) is 36.9 Å². The Bertz CT molecular complexity index is 383. The zero-order valence-electron chi connectivity index (χ0n) is 10.0. The zero-order valence-corrected chi connectivity index (χ0v) is 12.4. The highest BCUT2D eigenvalue weighted by atomic mass is 35.5. The summed E-state index contributed by atoms with van der Waals surface area (Å²) in [6.07, 6.45) is 3.20. The lowest BCUT2D eigenvalue weighted by Gasteiger charge is -2.11. The lowest BCUT2D eigenvalue weighted by molar-refractivity contribution is 0.855. The molecule has 0 fully saturated rings. The van der Waals surface area contributed by atoms with Crippen molar-refractivity contribution in [3.05, 3.63) is 28.8 Å². The number of rotatable bonds is 5. The van der Waals surface area contributed by atoms with Crippen LogP contribution in [0.25, 0.3) is 0 Å². The second-order valence-electron chi connectivity index (χ2n) is 3.71. The van der Waals surface area contributed by atoms with Gasteiger partial charge in [-0.3, -0.25) is 0 Å². The lowest BCUT2D eigenvalue weighted by atomic mass is 10.2. The topological polar surface area (TPSA) is 24.1 Å². The molecule has 0 aromatic heterocycles. The monoisotopic (exact) mass is 288 g/mol. The molecule has 94 valence electrons. The van der Waals surface area contributed by atoms with E-state index < -0.39 is 0 Å². The van der Waals surface area contributed by atoms with Crippen molar-refractivity contribution in [3.63, 3.8) is 0 Å². The first-order valence-electron chi connectivity index (χ1n) is 5.43. The van der Waals surface area contributed by atoms with Gasteiger partial charge in [0.25, 0.3) is 0 Å². The first kappa shape index (κ1) is 14.6. The van der Waals surface area contributed by atoms with Gasteiger partial charge < -0.3 is 10.6 Å². The summed E-state index contributed by atoms with van der Waals surface area (Å²) in [4.78, 5) is 0. The van der Waals surface area contributed by atoms with Gasteiger partial charge in [0.05, 0.1) is 10.7 Å². The Labute approximate surface area is 118 Å². The van der Waals surface area contributed by atoms with E-state index in [1.165, 1.54) is 0 Å². The van der Waals surface area contributed by atoms with E-state index in [0.717, 1.165) is 30.0 Å². The minimum absolute atomic E-state index is 0.622. The fourth-order valence-electron chi connectivity index (χ4n) is 1.31. The van der Waals surface area contributed by atoms with Crippen LogP contribution in [0, 0.1) is 6.92 Å². The molecule has 0 saturated heterocycles. The molecule has 1 aromatic carbocycles. The fourth-order valence-corrected chi connectivity index (χ4v) is 2.23. The SMILES string of the molecule is CSCCCNC(=S)Nc1ccc(C)cc1Cl. The second-order valence-corrected chi connectivity index (χ2v) is 5.51. The fraction of sp³-hybridized carbons (Fsp3) is 0.417. The lowest BCUT2D eigenvalue weighted by Crippen LogP contribution is -2.29. The molecule has 2 N–H and O–H groups in total. The van der Waals surface area contributed by atoms with E-state index in [0.29, 0.717) is 10.1 Å². The van der Waals surface area contributed by atoms with Crippen molar-refractivity contribution in [1.29, 1.82) is 0 Å². The average molecular weight is 289 g/mol. The maximum atomic E-state index is 6.10. The molecular formula is C12H17ClN2S2. The molecular weight excluding hydrogens is 272 g/mol. The molecule has 17 heavy (non-hydrogen) atoms. The third kappa shape index (κ3) is 5.61. The van der Waals surface area contributed by atoms with Gasteiger partial charge in [-0.15, -0.1) is 0 Å². The molecule has 0 aliphatic heterocycles. The van der Waals surface area contributed by atoms with Crippen LogP contribution in [-0.4, -0.2) is 23.7 Å². The van der Waals surface area contributed by atoms with Gasteiger partial charge in [0.15, 0.2) is 5.11 Å². The molecule has 0 saturated carbocycles. The highest BCUT2D eigenvalue weighted by molar-refractivity contribution is 7.98. The van der Waals surface area contributed by atoms with Crippen LogP contribution in [-0.2, 0) is 0 Å². The van der Waals surface area contributed by atoms with E-state index in [2.05, 4.69) is 16.9 Å². The summed E-state index contributed by atoms with van der Waals surface area (Å²) < 4.78 is 0. The maximum absolute atomic E-state index is 6.10. The molecule has 1 rings (SSSR count). The Morgan fingerprint density at radius 1 is 1.47 bits per heavy atom. The molecule has 0 heterocycles. The number of benzene rings is 1. The molecule has 0 aliphatic rings. The Hall–Kier alpha value is -0.450. The van der Waals surface area contributed by atoms with Gasteiger partial charge in [-0.25, -0.2) is 0 Å². The molecule has 0 atom stereocenters. The maximum Gasteiger partial charge on any atom is 0.170 e. The van der Waals surface area contributed by atoms with Crippen LogP contribution in [0.15, 0.2) is 18.2 Å². The molecule has 0 bridgehead atoms. The Morgan fingerprint density at radius 2 is 2.24 bits per heavy atom. The first-order valence-corrected chi connectivity index (χ1v) is 7.61. The van der Waals surface area contributed by atoms with Crippen molar-refractivity contribution in [2.45, 2.75) is 13.3 Å². The van der Waals surface area contributed by atoms with Crippen molar-refractivity contribution < 1.29 is 0 Å². The molecule has 0 amide bonds. The number of thiocarbonyl (C=S) groups is 1. The molecule has 2 nitrogen and oxygen atoms in total. The Balaban J connectivity index is 2.40. The summed E-state index contributed by atoms with van der Waals surface area (Å²) >= 11 is 13.1. The van der Waals surface area contributed by atoms with Crippen LogP contribution in [0.2, 0.25) is 5.02 Å². The Morgan fingerprint density at radius 3 is 2.88 bits per heavy atom. The summed E-state index contributed by atoms with van der Waals surface area (Å²) in [6, 6.07) is 5.86. The largest absolute Gasteiger partial charge is 0.362 e. The molecule has 0 unspecified atom stereocenters. The zero-order chi connectivity index (χ0) is 12.7. The molecule has 0 radical (unpaired) electrons. The quantitative estimate of drug-likeness (QED) is 0.637. The van der Waals surface area contributed by atoms with E-state index in [1.54, 1.807) is 0 Å². The average Bonchev–Trinajstić information content (AvgIpc) is 2.28. The van der Waals surface area contributed by atoms with Crippen molar-refractivity contribution in [1.82, 2.24) is 5.32 Å². The molecule has 0 spiro atoms. The third-order valence-corrected chi connectivity index (χ3v) is 3.44. The van der Waals surface area contributed by atoms with Crippen LogP contribution in [0.3, 0.4) is 0 Å². The van der Waals surface area contributed by atoms with Crippen LogP contribution in [0.1, 0.15) is 12.0 Å². The van der Waals surface area contributed by atoms with Gasteiger partial charge >= 0.3 is 0 Å². The van der Waals surface area contributed by atoms with Gasteiger partial charge in [-0.2, -0.15) is 11.8 Å². The summed E-state index contributed by atoms with van der Waals surface area (Å²) in [5, 5.41) is 7.57. The normalized spacial score (nSPS) is 10.1. The summed E-state index contributed by atoms with van der Waals surface area (Å²) in [7, 11) is 0. The van der Waals surface area contributed by atoms with E-state index in [-0.39, 0.29) is 0 Å². The number of hydrogen-bond acceptors (Lipinski definition) is 2. The minimum Gasteiger partial charge on any atom is -0.362 e. The van der Waals surface area contributed by atoms with Crippen LogP contribution < -0.4 is 10.6 Å². The van der Waals surface area contributed by atoms with Crippen molar-refractivity contribution in [2.75, 3.05) is 23.9 Å². The van der Waals surface area contributed by atoms with Crippen molar-refractivity contribution >= 4 is 46.4 Å². The number of thioether (sulfide) groups is 1. The predicted molar refractivity (Wildman–Crippen MR) is 83.4 cm³/mol. The number of hydrogen-bond donors (Lipinski definition) is 2. The smallest absolute Gasteiger partial charge is 0.170 e. The highest BCUT2D eigenvalue weighted by Crippen LogP contribution is 2.22. The number of anilines is 1. The number of halogens is 1. The molecule has 1 aromatic rings. The van der Waals surface area contributed by atoms with Gasteiger partial charge in [0.1, 0.15) is 0 Å². The van der Waals surface area contributed by atoms with Gasteiger partial charge in [0, 0.05) is 6.54 Å². The second kappa shape index (κ2) is 7.80. The summed E-state index contributed by atoms with van der Waals surface area (Å²) in [5.41, 5.74) is 1.99. The first-order chi connectivity index (χ1) is 8.13. The van der Waals surface area contributed by atoms with Gasteiger partial charge in [-0.05, 0) is 55.3 Å². The third-order valence-electron chi connectivity index (χ3n) is 2.18. The van der Waals surface area contributed by atoms with Crippen molar-refractivity contribution in [2.24, 2.45) is 0 Å². The highest BCUT2D eigenvalue weighted by Gasteiger charge is 2.02. The van der Waals surface area contributed by atoms with Crippen LogP contribution in [0.4, 0.5) is 5.69 Å². The van der Waals surface area contributed by atoms with Crippen LogP contribution in [0.5, 0.6) is 0 Å². The van der Waals surface area contributed by atoms with Gasteiger partial charge in [-0.1, -0.05) is 17.7 Å². The van der Waals surface area contributed by atoms with E-state index in [9.17, 15) is 0 Å². The standard InChI is InChI=1S/C12H17ClN2S2/c1-9-4-5-11(10(13)8-9)15-12(16)14-6-3-7-17-2/h4-5,8H,3,6-7H2,1-2H3,(H2,14,15,16). The summed E-state index contributed by atoms with van der Waals surface area (Å²) in [6.45, 7) is 2.89. The van der Waals surface area contributed by atoms with Crippen molar-refractivity contribution in [3.8, 4) is 0 Å².